The van der Waals surface area contributed by atoms with Gasteiger partial charge < -0.3 is 10.1 Å². The number of hydrogen-bond acceptors (Lipinski definition) is 3. The monoisotopic (exact) mass is 239 g/mol. The molecule has 0 unspecified atom stereocenters. The molecule has 0 aliphatic carbocycles. The van der Waals surface area contributed by atoms with Gasteiger partial charge in [-0.3, -0.25) is 0 Å². The fraction of sp³-hybridized carbons (Fsp3) is 0.538. The number of benzene rings is 1. The summed E-state index contributed by atoms with van der Waals surface area (Å²) in [4.78, 5) is 1.28. The number of ether oxygens (including phenoxy) is 1. The number of hydrogen-bond donors (Lipinski definition) is 1. The van der Waals surface area contributed by atoms with Gasteiger partial charge in [0.25, 0.3) is 0 Å². The van der Waals surface area contributed by atoms with Crippen molar-refractivity contribution in [1.29, 1.82) is 0 Å². The van der Waals surface area contributed by atoms with Gasteiger partial charge in [-0.25, -0.2) is 0 Å². The molecule has 0 saturated heterocycles. The largest absolute Gasteiger partial charge is 0.383 e. The lowest BCUT2D eigenvalue weighted by Crippen LogP contribution is -2.23. The van der Waals surface area contributed by atoms with Gasteiger partial charge >= 0.3 is 0 Å². The molecule has 1 aromatic rings. The van der Waals surface area contributed by atoms with E-state index in [-0.39, 0.29) is 5.60 Å². The Morgan fingerprint density at radius 2 is 2.06 bits per heavy atom. The summed E-state index contributed by atoms with van der Waals surface area (Å²) in [6, 6.07) is 8.42. The standard InChI is InChI=1S/C13H21NOS/c1-13(2,3)15-9-8-14-11-6-5-7-12(10-11)16-4/h5-7,10,14H,8-9H2,1-4H3. The highest BCUT2D eigenvalue weighted by Crippen LogP contribution is 2.18. The minimum absolute atomic E-state index is 0.0528. The molecule has 90 valence electrons. The van der Waals surface area contributed by atoms with Crippen LogP contribution in [0.15, 0.2) is 29.2 Å². The Morgan fingerprint density at radius 1 is 1.31 bits per heavy atom. The predicted octanol–water partition coefficient (Wildman–Crippen LogP) is 3.64. The molecule has 0 radical (unpaired) electrons. The maximum Gasteiger partial charge on any atom is 0.0646 e. The Labute approximate surface area is 103 Å². The van der Waals surface area contributed by atoms with Gasteiger partial charge in [0.15, 0.2) is 0 Å². The van der Waals surface area contributed by atoms with Crippen molar-refractivity contribution in [3.8, 4) is 0 Å². The first-order valence-corrected chi connectivity index (χ1v) is 6.75. The van der Waals surface area contributed by atoms with Crippen LogP contribution in [-0.4, -0.2) is 25.0 Å². The van der Waals surface area contributed by atoms with Crippen LogP contribution in [0.1, 0.15) is 20.8 Å². The van der Waals surface area contributed by atoms with E-state index < -0.39 is 0 Å². The molecule has 0 fully saturated rings. The molecule has 1 aromatic carbocycles. The topological polar surface area (TPSA) is 21.3 Å². The third-order valence-corrected chi connectivity index (χ3v) is 2.76. The van der Waals surface area contributed by atoms with E-state index in [0.29, 0.717) is 0 Å². The smallest absolute Gasteiger partial charge is 0.0646 e. The van der Waals surface area contributed by atoms with E-state index in [1.54, 1.807) is 11.8 Å². The molecular formula is C13H21NOS. The lowest BCUT2D eigenvalue weighted by atomic mass is 10.2. The number of rotatable bonds is 5. The van der Waals surface area contributed by atoms with Gasteiger partial charge in [0.1, 0.15) is 0 Å². The van der Waals surface area contributed by atoms with E-state index in [9.17, 15) is 0 Å². The second kappa shape index (κ2) is 6.16. The summed E-state index contributed by atoms with van der Waals surface area (Å²) in [5.41, 5.74) is 1.10. The Kier molecular flexibility index (Phi) is 5.16. The highest BCUT2D eigenvalue weighted by molar-refractivity contribution is 7.98. The fourth-order valence-electron chi connectivity index (χ4n) is 1.29. The maximum atomic E-state index is 5.64. The van der Waals surface area contributed by atoms with Crippen LogP contribution in [0.5, 0.6) is 0 Å². The van der Waals surface area contributed by atoms with Crippen LogP contribution in [0.4, 0.5) is 5.69 Å². The molecule has 1 rings (SSSR count). The number of nitrogens with one attached hydrogen (secondary N) is 1. The predicted molar refractivity (Wildman–Crippen MR) is 72.4 cm³/mol. The fourth-order valence-corrected chi connectivity index (χ4v) is 1.75. The van der Waals surface area contributed by atoms with Gasteiger partial charge in [-0.2, -0.15) is 0 Å². The Bertz CT molecular complexity index is 320. The van der Waals surface area contributed by atoms with E-state index in [4.69, 9.17) is 4.74 Å². The van der Waals surface area contributed by atoms with Crippen molar-refractivity contribution in [3.63, 3.8) is 0 Å². The first-order valence-electron chi connectivity index (χ1n) is 5.53. The van der Waals surface area contributed by atoms with E-state index >= 15 is 0 Å². The summed E-state index contributed by atoms with van der Waals surface area (Å²) >= 11 is 1.76. The molecule has 0 spiro atoms. The molecule has 3 heteroatoms. The van der Waals surface area contributed by atoms with Crippen LogP contribution in [0.3, 0.4) is 0 Å². The lowest BCUT2D eigenvalue weighted by molar-refractivity contribution is 0.00333. The molecular weight excluding hydrogens is 218 g/mol. The summed E-state index contributed by atoms with van der Waals surface area (Å²) < 4.78 is 5.64. The van der Waals surface area contributed by atoms with Gasteiger partial charge in [0.2, 0.25) is 0 Å². The molecule has 2 nitrogen and oxygen atoms in total. The van der Waals surface area contributed by atoms with Crippen molar-refractivity contribution in [2.45, 2.75) is 31.3 Å². The van der Waals surface area contributed by atoms with Crippen LogP contribution in [0.25, 0.3) is 0 Å². The van der Waals surface area contributed by atoms with Gasteiger partial charge in [0.05, 0.1) is 12.2 Å². The van der Waals surface area contributed by atoms with E-state index in [1.807, 2.05) is 0 Å². The van der Waals surface area contributed by atoms with Gasteiger partial charge in [-0.05, 0) is 45.2 Å². The summed E-state index contributed by atoms with van der Waals surface area (Å²) in [6.07, 6.45) is 2.09. The Hall–Kier alpha value is -0.670. The summed E-state index contributed by atoms with van der Waals surface area (Å²) in [5, 5.41) is 3.35. The third kappa shape index (κ3) is 5.42. The van der Waals surface area contributed by atoms with Gasteiger partial charge in [-0.15, -0.1) is 11.8 Å². The average Bonchev–Trinajstić information content (AvgIpc) is 2.23. The van der Waals surface area contributed by atoms with Crippen molar-refractivity contribution in [2.75, 3.05) is 24.7 Å². The van der Waals surface area contributed by atoms with Crippen LogP contribution in [0, 0.1) is 0 Å². The zero-order chi connectivity index (χ0) is 12.0. The van der Waals surface area contributed by atoms with Crippen molar-refractivity contribution in [1.82, 2.24) is 0 Å². The molecule has 0 atom stereocenters. The number of thioether (sulfide) groups is 1. The van der Waals surface area contributed by atoms with Crippen LogP contribution in [-0.2, 0) is 4.74 Å². The summed E-state index contributed by atoms with van der Waals surface area (Å²) in [6.45, 7) is 7.78. The number of anilines is 1. The summed E-state index contributed by atoms with van der Waals surface area (Å²) in [7, 11) is 0. The van der Waals surface area contributed by atoms with Gasteiger partial charge in [-0.1, -0.05) is 6.07 Å². The zero-order valence-corrected chi connectivity index (χ0v) is 11.4. The Balaban J connectivity index is 2.32. The van der Waals surface area contributed by atoms with Crippen molar-refractivity contribution >= 4 is 17.4 Å². The van der Waals surface area contributed by atoms with Gasteiger partial charge in [0, 0.05) is 17.1 Å². The third-order valence-electron chi connectivity index (χ3n) is 2.04. The van der Waals surface area contributed by atoms with Crippen molar-refractivity contribution in [3.05, 3.63) is 24.3 Å². The first kappa shape index (κ1) is 13.4. The minimum atomic E-state index is -0.0528. The van der Waals surface area contributed by atoms with E-state index in [2.05, 4.69) is 56.6 Å². The Morgan fingerprint density at radius 3 is 2.69 bits per heavy atom. The molecule has 0 bridgehead atoms. The normalized spacial score (nSPS) is 11.5. The molecule has 1 N–H and O–H groups in total. The van der Waals surface area contributed by atoms with E-state index in [1.165, 1.54) is 4.90 Å². The molecule has 0 saturated carbocycles. The minimum Gasteiger partial charge on any atom is -0.383 e. The second-order valence-electron chi connectivity index (χ2n) is 4.62. The quantitative estimate of drug-likeness (QED) is 0.626. The van der Waals surface area contributed by atoms with E-state index in [0.717, 1.165) is 18.8 Å². The van der Waals surface area contributed by atoms with Crippen molar-refractivity contribution < 1.29 is 4.74 Å². The molecule has 0 aromatic heterocycles. The van der Waals surface area contributed by atoms with Crippen molar-refractivity contribution in [2.24, 2.45) is 0 Å². The molecule has 16 heavy (non-hydrogen) atoms. The SMILES string of the molecule is CSc1cccc(NCCOC(C)(C)C)c1. The first-order chi connectivity index (χ1) is 7.51. The highest BCUT2D eigenvalue weighted by Gasteiger charge is 2.08. The molecule has 0 heterocycles. The summed E-state index contributed by atoms with van der Waals surface area (Å²) in [5.74, 6) is 0. The maximum absolute atomic E-state index is 5.64. The van der Waals surface area contributed by atoms with Crippen LogP contribution < -0.4 is 5.32 Å². The second-order valence-corrected chi connectivity index (χ2v) is 5.50. The highest BCUT2D eigenvalue weighted by atomic mass is 32.2. The van der Waals surface area contributed by atoms with Crippen LogP contribution in [0.2, 0.25) is 0 Å². The molecule has 0 aliphatic heterocycles. The van der Waals surface area contributed by atoms with Crippen LogP contribution >= 0.6 is 11.8 Å². The molecule has 0 amide bonds. The average molecular weight is 239 g/mol. The zero-order valence-electron chi connectivity index (χ0n) is 10.5. The lowest BCUT2D eigenvalue weighted by Gasteiger charge is -2.19. The molecule has 0 aliphatic rings.